The molecule has 5 heteroatoms. The van der Waals surface area contributed by atoms with Gasteiger partial charge in [0.1, 0.15) is 17.1 Å². The summed E-state index contributed by atoms with van der Waals surface area (Å²) in [6, 6.07) is 4.36. The van der Waals surface area contributed by atoms with Crippen LogP contribution in [-0.4, -0.2) is 16.2 Å². The summed E-state index contributed by atoms with van der Waals surface area (Å²) in [7, 11) is 0. The van der Waals surface area contributed by atoms with Crippen LogP contribution in [0.1, 0.15) is 35.0 Å². The number of aromatic nitrogens is 1. The summed E-state index contributed by atoms with van der Waals surface area (Å²) in [4.78, 5) is 11.3. The van der Waals surface area contributed by atoms with Crippen molar-refractivity contribution in [1.29, 1.82) is 0 Å². The highest BCUT2D eigenvalue weighted by Crippen LogP contribution is 2.27. The van der Waals surface area contributed by atoms with E-state index in [0.717, 1.165) is 6.42 Å². The monoisotopic (exact) mass is 263 g/mol. The maximum atomic E-state index is 13.2. The molecule has 0 saturated heterocycles. The Morgan fingerprint density at radius 3 is 2.79 bits per heavy atom. The van der Waals surface area contributed by atoms with Gasteiger partial charge in [-0.1, -0.05) is 12.1 Å². The van der Waals surface area contributed by atoms with Gasteiger partial charge < -0.3 is 9.63 Å². The molecule has 19 heavy (non-hydrogen) atoms. The average molecular weight is 263 g/mol. The van der Waals surface area contributed by atoms with E-state index in [1.165, 1.54) is 12.1 Å². The van der Waals surface area contributed by atoms with E-state index in [2.05, 4.69) is 5.16 Å². The van der Waals surface area contributed by atoms with Gasteiger partial charge in [0, 0.05) is 12.0 Å². The Balaban J connectivity index is 2.55. The molecule has 0 aliphatic rings. The number of aromatic carboxylic acids is 1. The molecular formula is C14H14FNO3. The lowest BCUT2D eigenvalue weighted by Crippen LogP contribution is -2.01. The Bertz CT molecular complexity index is 619. The van der Waals surface area contributed by atoms with Gasteiger partial charge in [-0.05, 0) is 37.1 Å². The van der Waals surface area contributed by atoms with E-state index in [9.17, 15) is 14.3 Å². The van der Waals surface area contributed by atoms with Crippen molar-refractivity contribution in [2.75, 3.05) is 0 Å². The van der Waals surface area contributed by atoms with Crippen molar-refractivity contribution in [2.24, 2.45) is 0 Å². The minimum atomic E-state index is -1.08. The molecule has 1 aromatic heterocycles. The fourth-order valence-corrected chi connectivity index (χ4v) is 1.93. The zero-order chi connectivity index (χ0) is 14.0. The molecule has 100 valence electrons. The number of rotatable bonds is 4. The summed E-state index contributed by atoms with van der Waals surface area (Å²) >= 11 is 0. The number of carboxylic acid groups (broad SMARTS) is 1. The van der Waals surface area contributed by atoms with Crippen LogP contribution in [0.5, 0.6) is 0 Å². The average Bonchev–Trinajstić information content (AvgIpc) is 2.77. The third-order valence-electron chi connectivity index (χ3n) is 2.89. The van der Waals surface area contributed by atoms with Crippen molar-refractivity contribution in [3.8, 4) is 11.3 Å². The third kappa shape index (κ3) is 2.50. The number of nitrogens with zero attached hydrogens (tertiary/aromatic N) is 1. The quantitative estimate of drug-likeness (QED) is 0.917. The zero-order valence-electron chi connectivity index (χ0n) is 10.7. The van der Waals surface area contributed by atoms with E-state index in [1.807, 2.05) is 6.92 Å². The van der Waals surface area contributed by atoms with Gasteiger partial charge in [-0.15, -0.1) is 0 Å². The Kier molecular flexibility index (Phi) is 3.64. The Morgan fingerprint density at radius 2 is 2.21 bits per heavy atom. The summed E-state index contributed by atoms with van der Waals surface area (Å²) in [6.07, 6.45) is 1.27. The Labute approximate surface area is 109 Å². The lowest BCUT2D eigenvalue weighted by molar-refractivity contribution is 0.0695. The SMILES string of the molecule is CCCc1onc(-c2ccc(F)c(C)c2)c1C(=O)O. The van der Waals surface area contributed by atoms with E-state index < -0.39 is 5.97 Å². The van der Waals surface area contributed by atoms with E-state index in [1.54, 1.807) is 13.0 Å². The number of hydrogen-bond donors (Lipinski definition) is 1. The first-order valence-corrected chi connectivity index (χ1v) is 6.03. The second-order valence-electron chi connectivity index (χ2n) is 4.35. The van der Waals surface area contributed by atoms with Gasteiger partial charge in [0.05, 0.1) is 0 Å². The van der Waals surface area contributed by atoms with Crippen LogP contribution in [0.2, 0.25) is 0 Å². The molecule has 0 saturated carbocycles. The van der Waals surface area contributed by atoms with Gasteiger partial charge >= 0.3 is 5.97 Å². The fourth-order valence-electron chi connectivity index (χ4n) is 1.93. The van der Waals surface area contributed by atoms with Crippen molar-refractivity contribution in [2.45, 2.75) is 26.7 Å². The standard InChI is InChI=1S/C14H14FNO3/c1-3-4-11-12(14(17)18)13(16-19-11)9-5-6-10(15)8(2)7-9/h5-7H,3-4H2,1-2H3,(H,17,18). The number of aryl methyl sites for hydroxylation is 2. The molecule has 0 bridgehead atoms. The van der Waals surface area contributed by atoms with Crippen LogP contribution in [0.25, 0.3) is 11.3 Å². The molecule has 2 aromatic rings. The van der Waals surface area contributed by atoms with Crippen LogP contribution in [0.3, 0.4) is 0 Å². The molecule has 1 aromatic carbocycles. The van der Waals surface area contributed by atoms with Crippen molar-refractivity contribution in [1.82, 2.24) is 5.16 Å². The van der Waals surface area contributed by atoms with Crippen LogP contribution < -0.4 is 0 Å². The molecule has 0 atom stereocenters. The molecule has 4 nitrogen and oxygen atoms in total. The molecule has 1 heterocycles. The third-order valence-corrected chi connectivity index (χ3v) is 2.89. The zero-order valence-corrected chi connectivity index (χ0v) is 10.7. The first-order valence-electron chi connectivity index (χ1n) is 6.03. The summed E-state index contributed by atoms with van der Waals surface area (Å²) in [6.45, 7) is 3.54. The molecule has 2 rings (SSSR count). The fraction of sp³-hybridized carbons (Fsp3) is 0.286. The molecule has 1 N–H and O–H groups in total. The normalized spacial score (nSPS) is 10.7. The van der Waals surface area contributed by atoms with Crippen LogP contribution in [0, 0.1) is 12.7 Å². The minimum Gasteiger partial charge on any atom is -0.477 e. The second-order valence-corrected chi connectivity index (χ2v) is 4.35. The maximum absolute atomic E-state index is 13.2. The predicted molar refractivity (Wildman–Crippen MR) is 67.6 cm³/mol. The lowest BCUT2D eigenvalue weighted by Gasteiger charge is -2.01. The lowest BCUT2D eigenvalue weighted by atomic mass is 10.0. The highest BCUT2D eigenvalue weighted by Gasteiger charge is 2.23. The molecule has 0 aliphatic heterocycles. The molecule has 0 fully saturated rings. The molecule has 0 unspecified atom stereocenters. The van der Waals surface area contributed by atoms with Gasteiger partial charge in [0.25, 0.3) is 0 Å². The smallest absolute Gasteiger partial charge is 0.341 e. The molecule has 0 radical (unpaired) electrons. The van der Waals surface area contributed by atoms with Crippen molar-refractivity contribution >= 4 is 5.97 Å². The van der Waals surface area contributed by atoms with E-state index in [-0.39, 0.29) is 17.1 Å². The predicted octanol–water partition coefficient (Wildman–Crippen LogP) is 3.44. The number of benzene rings is 1. The largest absolute Gasteiger partial charge is 0.477 e. The first-order chi connectivity index (χ1) is 9.04. The van der Waals surface area contributed by atoms with Crippen LogP contribution in [0.4, 0.5) is 4.39 Å². The highest BCUT2D eigenvalue weighted by atomic mass is 19.1. The van der Waals surface area contributed by atoms with Crippen molar-refractivity contribution < 1.29 is 18.8 Å². The maximum Gasteiger partial charge on any atom is 0.341 e. The van der Waals surface area contributed by atoms with Gasteiger partial charge in [0.15, 0.2) is 5.76 Å². The number of carbonyl (C=O) groups is 1. The Morgan fingerprint density at radius 1 is 1.47 bits per heavy atom. The van der Waals surface area contributed by atoms with Crippen molar-refractivity contribution in [3.63, 3.8) is 0 Å². The van der Waals surface area contributed by atoms with Gasteiger partial charge in [-0.2, -0.15) is 0 Å². The number of carboxylic acids is 1. The van der Waals surface area contributed by atoms with E-state index in [4.69, 9.17) is 4.52 Å². The molecular weight excluding hydrogens is 249 g/mol. The van der Waals surface area contributed by atoms with Crippen molar-refractivity contribution in [3.05, 3.63) is 40.9 Å². The number of halogens is 1. The minimum absolute atomic E-state index is 0.0628. The highest BCUT2D eigenvalue weighted by molar-refractivity contribution is 5.95. The molecule has 0 spiro atoms. The topological polar surface area (TPSA) is 63.3 Å². The number of hydrogen-bond acceptors (Lipinski definition) is 3. The van der Waals surface area contributed by atoms with Crippen LogP contribution in [-0.2, 0) is 6.42 Å². The van der Waals surface area contributed by atoms with E-state index in [0.29, 0.717) is 23.3 Å². The van der Waals surface area contributed by atoms with Crippen LogP contribution >= 0.6 is 0 Å². The second kappa shape index (κ2) is 5.22. The Hall–Kier alpha value is -2.17. The molecule has 0 aliphatic carbocycles. The summed E-state index contributed by atoms with van der Waals surface area (Å²) in [5, 5.41) is 13.1. The van der Waals surface area contributed by atoms with E-state index >= 15 is 0 Å². The van der Waals surface area contributed by atoms with Gasteiger partial charge in [-0.25, -0.2) is 9.18 Å². The summed E-state index contributed by atoms with van der Waals surface area (Å²) < 4.78 is 18.3. The van der Waals surface area contributed by atoms with Crippen LogP contribution in [0.15, 0.2) is 22.7 Å². The van der Waals surface area contributed by atoms with Gasteiger partial charge in [-0.3, -0.25) is 0 Å². The summed E-state index contributed by atoms with van der Waals surface area (Å²) in [5.74, 6) is -1.06. The molecule has 0 amide bonds. The van der Waals surface area contributed by atoms with Gasteiger partial charge in [0.2, 0.25) is 0 Å². The first kappa shape index (κ1) is 13.3. The summed E-state index contributed by atoms with van der Waals surface area (Å²) in [5.41, 5.74) is 1.29.